The number of hydrogen-bond donors (Lipinski definition) is 0. The van der Waals surface area contributed by atoms with Crippen LogP contribution in [0, 0.1) is 13.8 Å². The SMILES string of the molecule is Cc1cc(C(C)(C)C)ccc1C(I)(I)S(=O)(=O)C(I)(I)c1ccc(C(C)(C)C)cc1C. The second-order valence-corrected chi connectivity index (χ2v) is 25.9. The summed E-state index contributed by atoms with van der Waals surface area (Å²) >= 11 is 8.46. The molecule has 0 amide bonds. The van der Waals surface area contributed by atoms with Crippen molar-refractivity contribution in [1.82, 2.24) is 0 Å². The van der Waals surface area contributed by atoms with E-state index in [9.17, 15) is 8.42 Å². The summed E-state index contributed by atoms with van der Waals surface area (Å²) in [5.41, 5.74) is 6.13. The van der Waals surface area contributed by atoms with Crippen molar-refractivity contribution in [3.05, 3.63) is 69.8 Å². The van der Waals surface area contributed by atoms with Gasteiger partial charge in [0.1, 0.15) is 0 Å². The molecule has 0 radical (unpaired) electrons. The first-order valence-corrected chi connectivity index (χ1v) is 15.8. The van der Waals surface area contributed by atoms with Gasteiger partial charge in [-0.25, -0.2) is 8.42 Å². The van der Waals surface area contributed by atoms with Crippen molar-refractivity contribution in [1.29, 1.82) is 0 Å². The number of sulfone groups is 1. The lowest BCUT2D eigenvalue weighted by molar-refractivity contribution is 0.588. The molecule has 0 atom stereocenters. The van der Waals surface area contributed by atoms with E-state index in [1.54, 1.807) is 0 Å². The van der Waals surface area contributed by atoms with E-state index in [4.69, 9.17) is 0 Å². The van der Waals surface area contributed by atoms with Crippen LogP contribution in [0.5, 0.6) is 0 Å². The standard InChI is InChI=1S/C24H30I4O2S/c1-15-13-17(21(3,4)5)9-11-19(15)23(25,26)31(29,30)24(27,28)20-12-10-18(14-16(20)2)22(6,7)8/h9-14H,1-8H3. The van der Waals surface area contributed by atoms with Crippen LogP contribution in [0.3, 0.4) is 0 Å². The van der Waals surface area contributed by atoms with Crippen LogP contribution in [0.15, 0.2) is 36.4 Å². The van der Waals surface area contributed by atoms with E-state index in [0.29, 0.717) is 0 Å². The Balaban J connectivity index is 2.62. The molecule has 2 aromatic rings. The lowest BCUT2D eigenvalue weighted by Crippen LogP contribution is -2.35. The number of halogens is 4. The first-order valence-electron chi connectivity index (χ1n) is 9.97. The molecule has 0 fully saturated rings. The lowest BCUT2D eigenvalue weighted by atomic mass is 9.85. The van der Waals surface area contributed by atoms with Crippen LogP contribution in [-0.4, -0.2) is 8.42 Å². The normalized spacial score (nSPS) is 14.1. The van der Waals surface area contributed by atoms with Crippen molar-refractivity contribution in [2.75, 3.05) is 0 Å². The van der Waals surface area contributed by atoms with Gasteiger partial charge in [0, 0.05) is 0 Å². The molecule has 0 aliphatic carbocycles. The monoisotopic (exact) mass is 890 g/mol. The minimum Gasteiger partial charge on any atom is -0.224 e. The molecule has 0 unspecified atom stereocenters. The van der Waals surface area contributed by atoms with E-state index in [1.807, 2.05) is 26.0 Å². The van der Waals surface area contributed by atoms with Crippen LogP contribution in [0.4, 0.5) is 0 Å². The maximum Gasteiger partial charge on any atom is 0.207 e. The topological polar surface area (TPSA) is 34.1 Å². The van der Waals surface area contributed by atoms with Crippen molar-refractivity contribution in [2.45, 2.75) is 67.7 Å². The van der Waals surface area contributed by atoms with Gasteiger partial charge in [-0.3, -0.25) is 0 Å². The van der Waals surface area contributed by atoms with Crippen LogP contribution in [0.2, 0.25) is 0 Å². The number of hydrogen-bond acceptors (Lipinski definition) is 2. The second-order valence-electron chi connectivity index (χ2n) is 10.1. The predicted octanol–water partition coefficient (Wildman–Crippen LogP) is 8.97. The van der Waals surface area contributed by atoms with Gasteiger partial charge in [-0.2, -0.15) is 0 Å². The summed E-state index contributed by atoms with van der Waals surface area (Å²) in [7, 11) is -3.64. The fourth-order valence-corrected chi connectivity index (χ4v) is 16.2. The molecule has 172 valence electrons. The summed E-state index contributed by atoms with van der Waals surface area (Å²) in [6.07, 6.45) is 0. The molecule has 0 saturated carbocycles. The zero-order chi connectivity index (χ0) is 24.2. The maximum absolute atomic E-state index is 14.1. The third-order valence-electron chi connectivity index (χ3n) is 5.49. The van der Waals surface area contributed by atoms with Crippen LogP contribution >= 0.6 is 90.4 Å². The van der Waals surface area contributed by atoms with Gasteiger partial charge < -0.3 is 0 Å². The van der Waals surface area contributed by atoms with Gasteiger partial charge in [-0.1, -0.05) is 77.9 Å². The Morgan fingerprint density at radius 3 is 1.13 bits per heavy atom. The van der Waals surface area contributed by atoms with E-state index < -0.39 is 11.4 Å². The second kappa shape index (κ2) is 9.40. The minimum absolute atomic E-state index is 0.0174. The summed E-state index contributed by atoms with van der Waals surface area (Å²) < 4.78 is 26.0. The first kappa shape index (κ1) is 28.5. The van der Waals surface area contributed by atoms with Gasteiger partial charge in [0.15, 0.2) is 0 Å². The summed E-state index contributed by atoms with van der Waals surface area (Å²) in [6.45, 7) is 17.0. The molecule has 0 bridgehead atoms. The molecule has 0 saturated heterocycles. The molecule has 0 aromatic heterocycles. The smallest absolute Gasteiger partial charge is 0.207 e. The summed E-state index contributed by atoms with van der Waals surface area (Å²) in [4.78, 5) is 0. The molecular formula is C24H30I4O2S. The maximum atomic E-state index is 14.1. The van der Waals surface area contributed by atoms with Gasteiger partial charge in [-0.15, -0.1) is 0 Å². The minimum atomic E-state index is -3.64. The molecule has 0 spiro atoms. The highest BCUT2D eigenvalue weighted by Gasteiger charge is 2.54. The highest BCUT2D eigenvalue weighted by atomic mass is 127. The van der Waals surface area contributed by atoms with Crippen molar-refractivity contribution in [2.24, 2.45) is 0 Å². The average Bonchev–Trinajstić information content (AvgIpc) is 2.59. The van der Waals surface area contributed by atoms with Crippen molar-refractivity contribution in [3.8, 4) is 0 Å². The zero-order valence-electron chi connectivity index (χ0n) is 19.2. The Morgan fingerprint density at radius 1 is 0.613 bits per heavy atom. The van der Waals surface area contributed by atoms with E-state index in [-0.39, 0.29) is 10.8 Å². The van der Waals surface area contributed by atoms with Gasteiger partial charge in [0.05, 0.1) is 0 Å². The molecule has 31 heavy (non-hydrogen) atoms. The van der Waals surface area contributed by atoms with Crippen LogP contribution < -0.4 is 0 Å². The zero-order valence-corrected chi connectivity index (χ0v) is 28.6. The molecular weight excluding hydrogens is 860 g/mol. The van der Waals surface area contributed by atoms with E-state index >= 15 is 0 Å². The summed E-state index contributed by atoms with van der Waals surface area (Å²) in [6, 6.07) is 12.4. The van der Waals surface area contributed by atoms with Crippen molar-refractivity contribution < 1.29 is 8.42 Å². The fourth-order valence-electron chi connectivity index (χ4n) is 3.36. The van der Waals surface area contributed by atoms with E-state index in [2.05, 4.69) is 156 Å². The third kappa shape index (κ3) is 5.60. The Kier molecular flexibility index (Phi) is 8.66. The molecule has 2 rings (SSSR count). The number of aryl methyl sites for hydroxylation is 2. The van der Waals surface area contributed by atoms with E-state index in [0.717, 1.165) is 22.3 Å². The van der Waals surface area contributed by atoms with E-state index in [1.165, 1.54) is 11.1 Å². The van der Waals surface area contributed by atoms with Crippen molar-refractivity contribution >= 4 is 100 Å². The number of rotatable bonds is 4. The molecule has 0 heterocycles. The van der Waals surface area contributed by atoms with Gasteiger partial charge in [0.25, 0.3) is 0 Å². The number of alkyl halides is 4. The van der Waals surface area contributed by atoms with Crippen LogP contribution in [0.25, 0.3) is 0 Å². The van der Waals surface area contributed by atoms with Gasteiger partial charge in [0.2, 0.25) is 11.4 Å². The van der Waals surface area contributed by atoms with Gasteiger partial charge in [-0.05, 0) is 148 Å². The highest BCUT2D eigenvalue weighted by Crippen LogP contribution is 2.59. The predicted molar refractivity (Wildman–Crippen MR) is 168 cm³/mol. The van der Waals surface area contributed by atoms with Crippen LogP contribution in [-0.2, 0) is 22.2 Å². The third-order valence-corrected chi connectivity index (χ3v) is 16.6. The molecule has 0 aliphatic heterocycles. The Morgan fingerprint density at radius 2 is 0.903 bits per heavy atom. The fraction of sp³-hybridized carbons (Fsp3) is 0.500. The number of benzene rings is 2. The quantitative estimate of drug-likeness (QED) is 0.227. The van der Waals surface area contributed by atoms with Gasteiger partial charge >= 0.3 is 0 Å². The molecule has 2 nitrogen and oxygen atoms in total. The molecule has 7 heteroatoms. The Labute approximate surface area is 243 Å². The van der Waals surface area contributed by atoms with Crippen molar-refractivity contribution in [3.63, 3.8) is 0 Å². The lowest BCUT2D eigenvalue weighted by Gasteiger charge is -2.33. The van der Waals surface area contributed by atoms with Crippen LogP contribution in [0.1, 0.15) is 74.9 Å². The highest BCUT2D eigenvalue weighted by molar-refractivity contribution is 14.2. The average molecular weight is 890 g/mol. The molecule has 0 N–H and O–H groups in total. The summed E-state index contributed by atoms with van der Waals surface area (Å²) in [5, 5.41) is 0. The molecule has 0 aliphatic rings. The largest absolute Gasteiger partial charge is 0.224 e. The summed E-state index contributed by atoms with van der Waals surface area (Å²) in [5.74, 6) is 0. The molecule has 2 aromatic carbocycles. The Hall–Kier alpha value is 1.31. The Bertz CT molecular complexity index is 1010. The first-order chi connectivity index (χ1) is 13.7.